The van der Waals surface area contributed by atoms with Gasteiger partial charge in [-0.1, -0.05) is 0 Å². The minimum atomic E-state index is -4.57. The molecule has 6 aromatic heterocycles. The van der Waals surface area contributed by atoms with Crippen LogP contribution in [0.15, 0.2) is 91.2 Å². The molecule has 8 aromatic rings. The van der Waals surface area contributed by atoms with E-state index in [1.165, 1.54) is 59.9 Å². The van der Waals surface area contributed by atoms with Crippen LogP contribution in [0, 0.1) is 31.8 Å². The van der Waals surface area contributed by atoms with E-state index in [2.05, 4.69) is 96.4 Å². The van der Waals surface area contributed by atoms with Gasteiger partial charge in [-0.25, -0.2) is 64.1 Å². The molecule has 0 unspecified atom stereocenters. The molecule has 0 amide bonds. The fourth-order valence-electron chi connectivity index (χ4n) is 6.82. The van der Waals surface area contributed by atoms with E-state index in [9.17, 15) is 49.8 Å². The van der Waals surface area contributed by atoms with Crippen LogP contribution < -0.4 is 118 Å². The molecule has 38 nitrogen and oxygen atoms in total. The first kappa shape index (κ1) is 72.1. The molecule has 0 atom stereocenters. The molecule has 0 aliphatic rings. The minimum absolute atomic E-state index is 0. The average Bonchev–Trinajstić information content (AvgIpc) is 2.43. The molecule has 0 radical (unpaired) electrons. The van der Waals surface area contributed by atoms with E-state index in [0.717, 1.165) is 21.4 Å². The second-order valence-corrected chi connectivity index (χ2v) is 22.0. The average molecular weight is 1240 g/mol. The van der Waals surface area contributed by atoms with Gasteiger partial charge in [0.15, 0.2) is 34.6 Å². The maximum atomic E-state index is 13.2. The molecule has 8 N–H and O–H groups in total. The number of nitrogen functional groups attached to an aromatic ring is 2. The Kier molecular flexibility index (Phi) is 26.1. The third-order valence-electron chi connectivity index (χ3n) is 10.6. The van der Waals surface area contributed by atoms with Crippen molar-refractivity contribution in [3.05, 3.63) is 89.3 Å². The van der Waals surface area contributed by atoms with Crippen LogP contribution in [0.25, 0.3) is 28.1 Å². The van der Waals surface area contributed by atoms with Crippen molar-refractivity contribution in [3.63, 3.8) is 0 Å². The number of sulfonamides is 1. The number of aromatic nitrogens is 14. The van der Waals surface area contributed by atoms with E-state index in [-0.39, 0.29) is 187 Å². The summed E-state index contributed by atoms with van der Waals surface area (Å²) in [6, 6.07) is 12.0. The molecule has 0 spiro atoms. The van der Waals surface area contributed by atoms with Crippen LogP contribution in [0.3, 0.4) is 0 Å². The number of nitriles is 1. The standard InChI is InChI=1S/C41H42N26O12S4.4Li/c1-22-30(32(43)66(62-22)38-52-36(54-40(68)56-38)46-15-17-81(70,71)72)58-60-34-24(19-42)20-48-64(34)25-5-9-27(10-6-25)80-79-78-50-13-4-14-51-83(76,77)28-11-7-26(8-12-28)65-35(29(45-3)21-49-65)61-59-31-23(2)63-67(33(31)44)39-53-37(55-41(69)57-39)47-16-18-82(73,74)75;;;;/h5-12,20-21,50-51H,4,13-18,43-44H2,1-2H3,(H,70,71,72)(H,73,74,75)(H2,46,52,54,56,68)(H2,47,53,55,57,69);;;;/q;4*+1/p-4. The van der Waals surface area contributed by atoms with Gasteiger partial charge in [0.05, 0.1) is 102 Å². The molecule has 8 rings (SSSR count). The van der Waals surface area contributed by atoms with Gasteiger partial charge in [-0.3, -0.25) is 0 Å². The van der Waals surface area contributed by atoms with E-state index in [1.807, 2.05) is 6.07 Å². The van der Waals surface area contributed by atoms with Gasteiger partial charge >= 0.3 is 75.4 Å². The molecule has 0 saturated heterocycles. The third-order valence-corrected chi connectivity index (χ3v) is 14.1. The minimum Gasteiger partial charge on any atom is -0.844 e. The van der Waals surface area contributed by atoms with Gasteiger partial charge in [0.2, 0.25) is 21.9 Å². The Morgan fingerprint density at radius 3 is 1.64 bits per heavy atom. The van der Waals surface area contributed by atoms with E-state index in [1.54, 1.807) is 24.3 Å². The summed E-state index contributed by atoms with van der Waals surface area (Å²) in [7, 11) is -13.1. The van der Waals surface area contributed by atoms with Gasteiger partial charge in [-0.15, -0.1) is 29.8 Å². The van der Waals surface area contributed by atoms with Crippen molar-refractivity contribution in [2.24, 2.45) is 20.5 Å². The predicted molar refractivity (Wildman–Crippen MR) is 279 cm³/mol. The Bertz CT molecular complexity index is 4220. The maximum absolute atomic E-state index is 13.2. The van der Waals surface area contributed by atoms with E-state index in [0.29, 0.717) is 16.3 Å². The number of hydrogen-bond donors (Lipinski definition) is 6. The second-order valence-electron chi connectivity index (χ2n) is 16.4. The topological polar surface area (TPSA) is 539 Å². The second kappa shape index (κ2) is 31.5. The van der Waals surface area contributed by atoms with Crippen molar-refractivity contribution < 1.29 is 129 Å². The van der Waals surface area contributed by atoms with Gasteiger partial charge in [-0.2, -0.15) is 50.5 Å². The number of anilines is 4. The summed E-state index contributed by atoms with van der Waals surface area (Å²) in [5.41, 5.74) is 16.3. The van der Waals surface area contributed by atoms with Gasteiger partial charge in [0.25, 0.3) is 17.6 Å². The van der Waals surface area contributed by atoms with Crippen LogP contribution in [0.2, 0.25) is 0 Å². The Hall–Kier alpha value is -7.37. The molecule has 0 saturated carbocycles. The molecular weight excluding hydrogens is 1200 g/mol. The Morgan fingerprint density at radius 2 is 1.15 bits per heavy atom. The summed E-state index contributed by atoms with van der Waals surface area (Å²) in [4.78, 5) is 31.4. The summed E-state index contributed by atoms with van der Waals surface area (Å²) >= 11 is 0.837. The molecular formula is C41H38Li4N26O12S4. The number of hydrogen-bond acceptors (Lipinski definition) is 33. The molecule has 2 aromatic carbocycles. The fraction of sp³-hybridized carbons (Fsp3) is 0.220. The smallest absolute Gasteiger partial charge is 0.844 e. The summed E-state index contributed by atoms with van der Waals surface area (Å²) in [6.07, 6.45) is 2.76. The number of nitrogens with two attached hydrogens (primary N) is 2. The van der Waals surface area contributed by atoms with Gasteiger partial charge in [0, 0.05) is 31.1 Å². The number of nitrogens with zero attached hydrogens (tertiary/aromatic N) is 20. The monoisotopic (exact) mass is 1240 g/mol. The molecule has 0 bridgehead atoms. The van der Waals surface area contributed by atoms with Crippen molar-refractivity contribution in [2.75, 3.05) is 59.8 Å². The van der Waals surface area contributed by atoms with Crippen LogP contribution in [0.1, 0.15) is 23.4 Å². The van der Waals surface area contributed by atoms with Crippen molar-refractivity contribution in [1.29, 1.82) is 5.26 Å². The van der Waals surface area contributed by atoms with Crippen LogP contribution in [0.5, 0.6) is 12.0 Å². The Labute approximate surface area is 545 Å². The van der Waals surface area contributed by atoms with Crippen molar-refractivity contribution in [3.8, 4) is 41.4 Å². The summed E-state index contributed by atoms with van der Waals surface area (Å²) in [5.74, 6) is -3.38. The SMILES string of the molecule is [C-]#[N+]c1cnn(-c2ccc(S(=O)(=O)NCCCNOOSc3ccc(-n4ncc(C#N)c4N=Nc4c(C)nn(-c5nc([O-])nc(NCCS(=O)(=O)[O-])n5)c4N)cc3)cc2)c1N=Nc1c(C)nn(-c2nc([O-])nc(NCCS(=O)(=O)[O-])n2)c1N.[Li+].[Li+].[Li+].[Li+]. The Morgan fingerprint density at radius 1 is 0.667 bits per heavy atom. The molecule has 87 heavy (non-hydrogen) atoms. The summed E-state index contributed by atoms with van der Waals surface area (Å²) in [5, 5.41) is 72.8. The molecule has 6 heterocycles. The Balaban J connectivity index is 0.00000405. The summed E-state index contributed by atoms with van der Waals surface area (Å²) < 4.78 is 104. The largest absolute Gasteiger partial charge is 1.00 e. The number of azo groups is 2. The zero-order valence-corrected chi connectivity index (χ0v) is 49.6. The predicted octanol–water partition coefficient (Wildman–Crippen LogP) is -11.3. The molecule has 0 aliphatic heterocycles. The van der Waals surface area contributed by atoms with Crippen LogP contribution >= 0.6 is 12.0 Å². The zero-order valence-electron chi connectivity index (χ0n) is 46.4. The summed E-state index contributed by atoms with van der Waals surface area (Å²) in [6.45, 7) is 10.0. The van der Waals surface area contributed by atoms with Crippen molar-refractivity contribution in [2.45, 2.75) is 30.1 Å². The number of hydroxylamine groups is 1. The quantitative estimate of drug-likeness (QED) is 0.00428. The van der Waals surface area contributed by atoms with Crippen LogP contribution in [-0.4, -0.2) is 141 Å². The van der Waals surface area contributed by atoms with Gasteiger partial charge in [0.1, 0.15) is 11.6 Å². The first-order valence-electron chi connectivity index (χ1n) is 23.1. The first-order chi connectivity index (χ1) is 39.5. The molecule has 0 aliphatic carbocycles. The molecule has 0 fully saturated rings. The van der Waals surface area contributed by atoms with Crippen LogP contribution in [-0.2, 0) is 39.6 Å². The normalized spacial score (nSPS) is 11.5. The zero-order chi connectivity index (χ0) is 59.6. The number of nitrogens with one attached hydrogen (secondary N) is 4. The maximum Gasteiger partial charge on any atom is 1.00 e. The third kappa shape index (κ3) is 18.8. The number of benzene rings is 2. The van der Waals surface area contributed by atoms with Crippen molar-refractivity contribution >= 4 is 94.5 Å². The van der Waals surface area contributed by atoms with Crippen molar-refractivity contribution in [1.82, 2.24) is 79.2 Å². The molecule has 46 heteroatoms. The van der Waals surface area contributed by atoms with E-state index < -0.39 is 60.3 Å². The van der Waals surface area contributed by atoms with E-state index in [4.69, 9.17) is 27.4 Å². The fourth-order valence-corrected chi connectivity index (χ4v) is 9.00. The van der Waals surface area contributed by atoms with Gasteiger partial charge < -0.3 is 41.4 Å². The van der Waals surface area contributed by atoms with Crippen LogP contribution in [0.4, 0.5) is 52.2 Å². The first-order valence-corrected chi connectivity index (χ1v) is 28.5. The number of aryl methyl sites for hydroxylation is 2. The molecule has 432 valence electrons. The number of rotatable bonds is 26. The van der Waals surface area contributed by atoms with Gasteiger partial charge in [-0.05, 0) is 68.8 Å². The van der Waals surface area contributed by atoms with E-state index >= 15 is 0 Å².